The van der Waals surface area contributed by atoms with E-state index in [0.29, 0.717) is 10.7 Å². The molecule has 1 atom stereocenters. The first kappa shape index (κ1) is 19.2. The predicted molar refractivity (Wildman–Crippen MR) is 94.2 cm³/mol. The average molecular weight is 379 g/mol. The second kappa shape index (κ2) is 8.82. The van der Waals surface area contributed by atoms with Crippen LogP contribution in [0, 0.1) is 10.1 Å². The molecule has 0 aliphatic heterocycles. The van der Waals surface area contributed by atoms with Crippen LogP contribution in [0.25, 0.3) is 0 Å². The third kappa shape index (κ3) is 5.75. The smallest absolute Gasteiger partial charge is 0.344 e. The number of hydrogen-bond acceptors (Lipinski definition) is 6. The SMILES string of the molecule is C[C@H](OC(=O)COc1ccc([N+](=O)[O-])cc1)C(=O)Nc1cccc(Cl)c1. The van der Waals surface area contributed by atoms with Crippen LogP contribution in [-0.4, -0.2) is 29.5 Å². The first-order valence-corrected chi connectivity index (χ1v) is 7.86. The van der Waals surface area contributed by atoms with Gasteiger partial charge in [0, 0.05) is 22.8 Å². The van der Waals surface area contributed by atoms with Gasteiger partial charge in [-0.25, -0.2) is 4.79 Å². The van der Waals surface area contributed by atoms with Crippen LogP contribution in [0.2, 0.25) is 5.02 Å². The van der Waals surface area contributed by atoms with Crippen LogP contribution in [-0.2, 0) is 14.3 Å². The average Bonchev–Trinajstić information content (AvgIpc) is 2.60. The van der Waals surface area contributed by atoms with E-state index in [0.717, 1.165) is 0 Å². The molecular formula is C17H15ClN2O6. The molecule has 136 valence electrons. The lowest BCUT2D eigenvalue weighted by Crippen LogP contribution is -2.31. The zero-order valence-corrected chi connectivity index (χ0v) is 14.4. The molecule has 0 saturated carbocycles. The van der Waals surface area contributed by atoms with Crippen molar-refractivity contribution in [2.75, 3.05) is 11.9 Å². The number of carbonyl (C=O) groups is 2. The minimum atomic E-state index is -1.04. The van der Waals surface area contributed by atoms with Crippen molar-refractivity contribution in [1.82, 2.24) is 0 Å². The van der Waals surface area contributed by atoms with E-state index >= 15 is 0 Å². The molecule has 8 nitrogen and oxygen atoms in total. The van der Waals surface area contributed by atoms with Crippen molar-refractivity contribution in [3.8, 4) is 5.75 Å². The summed E-state index contributed by atoms with van der Waals surface area (Å²) in [4.78, 5) is 33.8. The van der Waals surface area contributed by atoms with Gasteiger partial charge in [0.15, 0.2) is 12.7 Å². The second-order valence-electron chi connectivity index (χ2n) is 5.17. The Hall–Kier alpha value is -3.13. The molecular weight excluding hydrogens is 364 g/mol. The Morgan fingerprint density at radius 2 is 1.92 bits per heavy atom. The molecule has 0 spiro atoms. The molecule has 9 heteroatoms. The highest BCUT2D eigenvalue weighted by molar-refractivity contribution is 6.30. The Labute approximate surface area is 153 Å². The number of halogens is 1. The van der Waals surface area contributed by atoms with Crippen molar-refractivity contribution >= 4 is 34.9 Å². The molecule has 2 aromatic rings. The van der Waals surface area contributed by atoms with E-state index < -0.39 is 29.5 Å². The molecule has 0 aliphatic carbocycles. The lowest BCUT2D eigenvalue weighted by atomic mass is 10.3. The number of nitrogens with zero attached hydrogens (tertiary/aromatic N) is 1. The van der Waals surface area contributed by atoms with Crippen LogP contribution >= 0.6 is 11.6 Å². The van der Waals surface area contributed by atoms with Crippen molar-refractivity contribution in [3.05, 3.63) is 63.7 Å². The normalized spacial score (nSPS) is 11.3. The van der Waals surface area contributed by atoms with Gasteiger partial charge in [-0.2, -0.15) is 0 Å². The molecule has 26 heavy (non-hydrogen) atoms. The summed E-state index contributed by atoms with van der Waals surface area (Å²) in [5.74, 6) is -1.00. The lowest BCUT2D eigenvalue weighted by Gasteiger charge is -2.14. The van der Waals surface area contributed by atoms with Gasteiger partial charge in [0.2, 0.25) is 0 Å². The molecule has 1 amide bonds. The molecule has 0 aromatic heterocycles. The Bertz CT molecular complexity index is 809. The number of ether oxygens (including phenoxy) is 2. The van der Waals surface area contributed by atoms with E-state index in [2.05, 4.69) is 5.32 Å². The molecule has 1 N–H and O–H groups in total. The molecule has 2 aromatic carbocycles. The van der Waals surface area contributed by atoms with Crippen molar-refractivity contribution < 1.29 is 24.0 Å². The molecule has 0 radical (unpaired) electrons. The zero-order chi connectivity index (χ0) is 19.1. The number of nitro benzene ring substituents is 1. The molecule has 0 heterocycles. The number of nitro groups is 1. The van der Waals surface area contributed by atoms with Crippen molar-refractivity contribution in [2.45, 2.75) is 13.0 Å². The lowest BCUT2D eigenvalue weighted by molar-refractivity contribution is -0.384. The van der Waals surface area contributed by atoms with Gasteiger partial charge in [-0.1, -0.05) is 17.7 Å². The number of non-ortho nitro benzene ring substituents is 1. The van der Waals surface area contributed by atoms with Crippen LogP contribution in [0.1, 0.15) is 6.92 Å². The Kier molecular flexibility index (Phi) is 6.51. The molecule has 0 bridgehead atoms. The van der Waals surface area contributed by atoms with E-state index in [9.17, 15) is 19.7 Å². The predicted octanol–water partition coefficient (Wildman–Crippen LogP) is 3.20. The molecule has 0 unspecified atom stereocenters. The fraction of sp³-hybridized carbons (Fsp3) is 0.176. The van der Waals surface area contributed by atoms with Gasteiger partial charge in [-0.3, -0.25) is 14.9 Å². The zero-order valence-electron chi connectivity index (χ0n) is 13.7. The summed E-state index contributed by atoms with van der Waals surface area (Å²) < 4.78 is 10.2. The summed E-state index contributed by atoms with van der Waals surface area (Å²) in [6, 6.07) is 11.8. The van der Waals surface area contributed by atoms with Crippen LogP contribution in [0.5, 0.6) is 5.75 Å². The van der Waals surface area contributed by atoms with Gasteiger partial charge in [0.25, 0.3) is 11.6 Å². The van der Waals surface area contributed by atoms with E-state index in [-0.39, 0.29) is 11.4 Å². The fourth-order valence-corrected chi connectivity index (χ4v) is 2.09. The minimum Gasteiger partial charge on any atom is -0.482 e. The van der Waals surface area contributed by atoms with E-state index in [1.54, 1.807) is 24.3 Å². The van der Waals surface area contributed by atoms with E-state index in [1.807, 2.05) is 0 Å². The molecule has 0 fully saturated rings. The maximum absolute atomic E-state index is 12.0. The van der Waals surface area contributed by atoms with Crippen molar-refractivity contribution in [2.24, 2.45) is 0 Å². The Morgan fingerprint density at radius 1 is 1.23 bits per heavy atom. The third-order valence-electron chi connectivity index (χ3n) is 3.17. The summed E-state index contributed by atoms with van der Waals surface area (Å²) in [6.45, 7) is 0.982. The van der Waals surface area contributed by atoms with Crippen molar-refractivity contribution in [1.29, 1.82) is 0 Å². The summed E-state index contributed by atoms with van der Waals surface area (Å²) in [6.07, 6.45) is -1.04. The molecule has 2 rings (SSSR count). The van der Waals surface area contributed by atoms with Crippen LogP contribution in [0.3, 0.4) is 0 Å². The monoisotopic (exact) mass is 378 g/mol. The first-order valence-electron chi connectivity index (χ1n) is 7.48. The number of amides is 1. The Morgan fingerprint density at radius 3 is 2.54 bits per heavy atom. The van der Waals surface area contributed by atoms with Gasteiger partial charge in [-0.15, -0.1) is 0 Å². The fourth-order valence-electron chi connectivity index (χ4n) is 1.90. The van der Waals surface area contributed by atoms with Crippen LogP contribution in [0.4, 0.5) is 11.4 Å². The second-order valence-corrected chi connectivity index (χ2v) is 5.61. The molecule has 0 aliphatic rings. The largest absolute Gasteiger partial charge is 0.482 e. The van der Waals surface area contributed by atoms with Gasteiger partial charge in [0.05, 0.1) is 4.92 Å². The third-order valence-corrected chi connectivity index (χ3v) is 3.41. The molecule has 0 saturated heterocycles. The highest BCUT2D eigenvalue weighted by atomic mass is 35.5. The number of anilines is 1. The van der Waals surface area contributed by atoms with Crippen LogP contribution in [0.15, 0.2) is 48.5 Å². The summed E-state index contributed by atoms with van der Waals surface area (Å²) in [5, 5.41) is 13.6. The minimum absolute atomic E-state index is 0.0914. The summed E-state index contributed by atoms with van der Waals surface area (Å²) in [7, 11) is 0. The first-order chi connectivity index (χ1) is 12.3. The topological polar surface area (TPSA) is 108 Å². The number of hydrogen-bond donors (Lipinski definition) is 1. The van der Waals surface area contributed by atoms with Crippen molar-refractivity contribution in [3.63, 3.8) is 0 Å². The number of benzene rings is 2. The van der Waals surface area contributed by atoms with E-state index in [4.69, 9.17) is 21.1 Å². The number of nitrogens with one attached hydrogen (secondary N) is 1. The number of esters is 1. The summed E-state index contributed by atoms with van der Waals surface area (Å²) >= 11 is 5.83. The van der Waals surface area contributed by atoms with E-state index in [1.165, 1.54) is 31.2 Å². The summed E-state index contributed by atoms with van der Waals surface area (Å²) in [5.41, 5.74) is 0.388. The van der Waals surface area contributed by atoms with Gasteiger partial charge >= 0.3 is 5.97 Å². The quantitative estimate of drug-likeness (QED) is 0.450. The highest BCUT2D eigenvalue weighted by Crippen LogP contribution is 2.17. The standard InChI is InChI=1S/C17H15ClN2O6/c1-11(17(22)19-13-4-2-3-12(18)9-13)26-16(21)10-25-15-7-5-14(6-8-15)20(23)24/h2-9,11H,10H2,1H3,(H,19,22)/t11-/m0/s1. The Balaban J connectivity index is 1.80. The maximum Gasteiger partial charge on any atom is 0.344 e. The number of carbonyl (C=O) groups excluding carboxylic acids is 2. The van der Waals surface area contributed by atoms with Gasteiger partial charge in [0.1, 0.15) is 5.75 Å². The highest BCUT2D eigenvalue weighted by Gasteiger charge is 2.18. The van der Waals surface area contributed by atoms with Gasteiger partial charge < -0.3 is 14.8 Å². The van der Waals surface area contributed by atoms with Gasteiger partial charge in [-0.05, 0) is 37.3 Å². The van der Waals surface area contributed by atoms with Crippen LogP contribution < -0.4 is 10.1 Å². The maximum atomic E-state index is 12.0. The number of rotatable bonds is 7.